The molecule has 0 radical (unpaired) electrons. The molecule has 0 spiro atoms. The van der Waals surface area contributed by atoms with E-state index in [4.69, 9.17) is 4.74 Å². The Morgan fingerprint density at radius 1 is 1.17 bits per heavy atom. The zero-order valence-electron chi connectivity index (χ0n) is 14.6. The van der Waals surface area contributed by atoms with Crippen molar-refractivity contribution in [1.29, 1.82) is 0 Å². The molecule has 1 rings (SSSR count). The van der Waals surface area contributed by atoms with Crippen LogP contribution in [0.25, 0.3) is 0 Å². The third-order valence-electron chi connectivity index (χ3n) is 3.54. The first-order chi connectivity index (χ1) is 10.7. The molecule has 6 heteroatoms. The Morgan fingerprint density at radius 2 is 1.78 bits per heavy atom. The number of hydrogen-bond acceptors (Lipinski definition) is 4. The van der Waals surface area contributed by atoms with Crippen molar-refractivity contribution in [2.24, 2.45) is 0 Å². The molecule has 0 heterocycles. The number of hydrazine groups is 1. The normalized spacial score (nSPS) is 11.2. The summed E-state index contributed by atoms with van der Waals surface area (Å²) in [7, 11) is 3.39. The average molecular weight is 321 g/mol. The minimum Gasteiger partial charge on any atom is -0.445 e. The van der Waals surface area contributed by atoms with Crippen molar-refractivity contribution in [3.05, 3.63) is 35.4 Å². The van der Waals surface area contributed by atoms with E-state index < -0.39 is 0 Å². The van der Waals surface area contributed by atoms with Gasteiger partial charge in [-0.25, -0.2) is 9.80 Å². The standard InChI is InChI=1S/C17H27N3O3/c1-17(2,3)15-8-6-14(7-9-15)12-23-16(22)19(4)10-11-20(5)18-13-21/h6-9,13H,10-12H2,1-5H3,(H,18,21). The van der Waals surface area contributed by atoms with Crippen molar-refractivity contribution in [3.8, 4) is 0 Å². The number of benzene rings is 1. The van der Waals surface area contributed by atoms with E-state index in [9.17, 15) is 9.59 Å². The van der Waals surface area contributed by atoms with Gasteiger partial charge in [-0.1, -0.05) is 45.0 Å². The highest BCUT2D eigenvalue weighted by molar-refractivity contribution is 5.67. The van der Waals surface area contributed by atoms with Crippen LogP contribution in [0.2, 0.25) is 0 Å². The van der Waals surface area contributed by atoms with Gasteiger partial charge in [0.05, 0.1) is 0 Å². The molecule has 0 saturated heterocycles. The molecule has 6 nitrogen and oxygen atoms in total. The SMILES string of the molecule is CN(CCN(C)C(=O)OCc1ccc(C(C)(C)C)cc1)NC=O. The monoisotopic (exact) mass is 321 g/mol. The average Bonchev–Trinajstić information content (AvgIpc) is 2.50. The third kappa shape index (κ3) is 6.69. The fourth-order valence-corrected chi connectivity index (χ4v) is 1.90. The molecular weight excluding hydrogens is 294 g/mol. The summed E-state index contributed by atoms with van der Waals surface area (Å²) in [6.07, 6.45) is 0.212. The minimum atomic E-state index is -0.385. The van der Waals surface area contributed by atoms with Gasteiger partial charge in [0, 0.05) is 27.2 Å². The van der Waals surface area contributed by atoms with Crippen molar-refractivity contribution >= 4 is 12.5 Å². The zero-order valence-corrected chi connectivity index (χ0v) is 14.6. The number of ether oxygens (including phenoxy) is 1. The van der Waals surface area contributed by atoms with E-state index in [-0.39, 0.29) is 18.1 Å². The van der Waals surface area contributed by atoms with Crippen molar-refractivity contribution < 1.29 is 14.3 Å². The number of carbonyl (C=O) groups is 2. The maximum atomic E-state index is 11.9. The van der Waals surface area contributed by atoms with Crippen LogP contribution in [0.4, 0.5) is 4.79 Å². The highest BCUT2D eigenvalue weighted by Crippen LogP contribution is 2.22. The Kier molecular flexibility index (Phi) is 7.03. The van der Waals surface area contributed by atoms with Gasteiger partial charge in [-0.05, 0) is 16.5 Å². The molecule has 0 aliphatic heterocycles. The van der Waals surface area contributed by atoms with Gasteiger partial charge in [0.2, 0.25) is 6.41 Å². The summed E-state index contributed by atoms with van der Waals surface area (Å²) in [6, 6.07) is 8.09. The van der Waals surface area contributed by atoms with E-state index in [0.29, 0.717) is 19.5 Å². The van der Waals surface area contributed by atoms with Gasteiger partial charge < -0.3 is 9.64 Å². The predicted octanol–water partition coefficient (Wildman–Crippen LogP) is 2.15. The molecular formula is C17H27N3O3. The first-order valence-corrected chi connectivity index (χ1v) is 7.62. The first kappa shape index (κ1) is 19.0. The molecule has 0 atom stereocenters. The molecule has 1 aromatic rings. The quantitative estimate of drug-likeness (QED) is 0.617. The number of rotatable bonds is 7. The Morgan fingerprint density at radius 3 is 2.30 bits per heavy atom. The lowest BCUT2D eigenvalue weighted by Crippen LogP contribution is -2.40. The largest absolute Gasteiger partial charge is 0.445 e. The van der Waals surface area contributed by atoms with Gasteiger partial charge in [0.1, 0.15) is 6.61 Å². The molecule has 0 fully saturated rings. The summed E-state index contributed by atoms with van der Waals surface area (Å²) in [5.41, 5.74) is 4.80. The summed E-state index contributed by atoms with van der Waals surface area (Å²) >= 11 is 0. The molecule has 2 amide bonds. The van der Waals surface area contributed by atoms with Crippen LogP contribution in [0.3, 0.4) is 0 Å². The van der Waals surface area contributed by atoms with Crippen LogP contribution in [0.5, 0.6) is 0 Å². The lowest BCUT2D eigenvalue weighted by Gasteiger charge is -2.21. The van der Waals surface area contributed by atoms with Crippen molar-refractivity contribution in [3.63, 3.8) is 0 Å². The first-order valence-electron chi connectivity index (χ1n) is 7.62. The minimum absolute atomic E-state index is 0.108. The van der Waals surface area contributed by atoms with E-state index in [1.165, 1.54) is 10.5 Å². The molecule has 23 heavy (non-hydrogen) atoms. The molecule has 0 unspecified atom stereocenters. The number of hydrogen-bond donors (Lipinski definition) is 1. The summed E-state index contributed by atoms with van der Waals surface area (Å²) in [4.78, 5) is 23.7. The summed E-state index contributed by atoms with van der Waals surface area (Å²) in [5.74, 6) is 0. The third-order valence-corrected chi connectivity index (χ3v) is 3.54. The van der Waals surface area contributed by atoms with Crippen molar-refractivity contribution in [2.45, 2.75) is 32.8 Å². The van der Waals surface area contributed by atoms with Crippen LogP contribution in [0, 0.1) is 0 Å². The Hall–Kier alpha value is -2.08. The van der Waals surface area contributed by atoms with Crippen LogP contribution in [0.15, 0.2) is 24.3 Å². The molecule has 128 valence electrons. The molecule has 0 bridgehead atoms. The van der Waals surface area contributed by atoms with Gasteiger partial charge in [0.25, 0.3) is 0 Å². The van der Waals surface area contributed by atoms with E-state index in [2.05, 4.69) is 38.3 Å². The van der Waals surface area contributed by atoms with Crippen molar-refractivity contribution in [2.75, 3.05) is 27.2 Å². The van der Waals surface area contributed by atoms with Gasteiger partial charge in [-0.3, -0.25) is 10.2 Å². The predicted molar refractivity (Wildman–Crippen MR) is 89.8 cm³/mol. The van der Waals surface area contributed by atoms with Crippen LogP contribution < -0.4 is 5.43 Å². The van der Waals surface area contributed by atoms with Crippen LogP contribution in [-0.2, 0) is 21.6 Å². The number of amides is 2. The van der Waals surface area contributed by atoms with E-state index in [1.807, 2.05) is 12.1 Å². The van der Waals surface area contributed by atoms with Gasteiger partial charge in [0.15, 0.2) is 0 Å². The zero-order chi connectivity index (χ0) is 17.5. The smallest absolute Gasteiger partial charge is 0.409 e. The molecule has 1 N–H and O–H groups in total. The van der Waals surface area contributed by atoms with E-state index in [1.54, 1.807) is 19.1 Å². The number of nitrogens with zero attached hydrogens (tertiary/aromatic N) is 2. The van der Waals surface area contributed by atoms with Gasteiger partial charge in [-0.15, -0.1) is 0 Å². The highest BCUT2D eigenvalue weighted by Gasteiger charge is 2.14. The Bertz CT molecular complexity index is 509. The Labute approximate surface area is 138 Å². The van der Waals surface area contributed by atoms with E-state index in [0.717, 1.165) is 5.56 Å². The molecule has 1 aromatic carbocycles. The number of nitrogens with one attached hydrogen (secondary N) is 1. The highest BCUT2D eigenvalue weighted by atomic mass is 16.6. The van der Waals surface area contributed by atoms with Crippen LogP contribution in [-0.4, -0.2) is 49.6 Å². The Balaban J connectivity index is 2.42. The number of likely N-dealkylation sites (N-methyl/N-ethyl adjacent to an activating group) is 2. The van der Waals surface area contributed by atoms with Gasteiger partial charge in [-0.2, -0.15) is 0 Å². The number of carbonyl (C=O) groups excluding carboxylic acids is 2. The summed E-state index contributed by atoms with van der Waals surface area (Å²) in [5, 5.41) is 1.60. The van der Waals surface area contributed by atoms with Crippen LogP contribution in [0.1, 0.15) is 31.9 Å². The fourth-order valence-electron chi connectivity index (χ4n) is 1.90. The van der Waals surface area contributed by atoms with Crippen LogP contribution >= 0.6 is 0 Å². The van der Waals surface area contributed by atoms with Crippen molar-refractivity contribution in [1.82, 2.24) is 15.3 Å². The molecule has 0 aliphatic carbocycles. The second-order valence-electron chi connectivity index (χ2n) is 6.59. The maximum absolute atomic E-state index is 11.9. The summed E-state index contributed by atoms with van der Waals surface area (Å²) < 4.78 is 5.29. The second-order valence-corrected chi connectivity index (χ2v) is 6.59. The van der Waals surface area contributed by atoms with Gasteiger partial charge >= 0.3 is 6.09 Å². The lowest BCUT2D eigenvalue weighted by atomic mass is 9.87. The topological polar surface area (TPSA) is 61.9 Å². The lowest BCUT2D eigenvalue weighted by molar-refractivity contribution is -0.113. The molecule has 0 aromatic heterocycles. The molecule has 0 saturated carbocycles. The van der Waals surface area contributed by atoms with E-state index >= 15 is 0 Å². The molecule has 0 aliphatic rings. The maximum Gasteiger partial charge on any atom is 0.409 e. The fraction of sp³-hybridized carbons (Fsp3) is 0.529. The second kappa shape index (κ2) is 8.53. The summed E-state index contributed by atoms with van der Waals surface area (Å²) in [6.45, 7) is 7.70.